The van der Waals surface area contributed by atoms with E-state index in [-0.39, 0.29) is 0 Å². The van der Waals surface area contributed by atoms with Crippen LogP contribution in [0.2, 0.25) is 0 Å². The number of carbonyl (C=O) groups excluding carboxylic acids is 1. The summed E-state index contributed by atoms with van der Waals surface area (Å²) in [5.74, 6) is 0. The van der Waals surface area contributed by atoms with E-state index in [1.807, 2.05) is 31.2 Å². The molecule has 0 unspecified atom stereocenters. The van der Waals surface area contributed by atoms with E-state index in [2.05, 4.69) is 65.5 Å². The molecule has 0 radical (unpaired) electrons. The SMILES string of the molecule is C=CC.CC(C)(C)CCCc1ccc(Cc2ccc(C=O)cc2)cc1.CCC. The minimum Gasteiger partial charge on any atom is -0.298 e. The lowest BCUT2D eigenvalue weighted by Crippen LogP contribution is -2.04. The van der Waals surface area contributed by atoms with E-state index in [0.29, 0.717) is 5.41 Å². The molecule has 0 heterocycles. The van der Waals surface area contributed by atoms with Crippen molar-refractivity contribution >= 4 is 6.29 Å². The van der Waals surface area contributed by atoms with Crippen molar-refractivity contribution in [1.29, 1.82) is 0 Å². The van der Waals surface area contributed by atoms with E-state index in [1.54, 1.807) is 6.08 Å². The number of aldehydes is 1. The Kier molecular flexibility index (Phi) is 13.7. The Hall–Kier alpha value is -2.15. The highest BCUT2D eigenvalue weighted by Crippen LogP contribution is 2.22. The van der Waals surface area contributed by atoms with Crippen molar-refractivity contribution in [3.8, 4) is 0 Å². The van der Waals surface area contributed by atoms with E-state index in [9.17, 15) is 4.79 Å². The summed E-state index contributed by atoms with van der Waals surface area (Å²) in [6.45, 7) is 16.4. The predicted molar refractivity (Wildman–Crippen MR) is 125 cm³/mol. The topological polar surface area (TPSA) is 17.1 Å². The second-order valence-electron chi connectivity index (χ2n) is 8.38. The Morgan fingerprint density at radius 1 is 0.857 bits per heavy atom. The van der Waals surface area contributed by atoms with Crippen molar-refractivity contribution in [2.75, 3.05) is 0 Å². The fraction of sp³-hybridized carbons (Fsp3) is 0.444. The van der Waals surface area contributed by atoms with Gasteiger partial charge in [-0.05, 0) is 54.7 Å². The first kappa shape index (κ1) is 25.9. The Balaban J connectivity index is 0.00000108. The lowest BCUT2D eigenvalue weighted by atomic mass is 9.89. The lowest BCUT2D eigenvalue weighted by molar-refractivity contribution is 0.112. The molecule has 2 rings (SSSR count). The first-order valence-corrected chi connectivity index (χ1v) is 10.5. The van der Waals surface area contributed by atoms with Crippen LogP contribution in [0.15, 0.2) is 61.2 Å². The van der Waals surface area contributed by atoms with Crippen LogP contribution >= 0.6 is 0 Å². The summed E-state index contributed by atoms with van der Waals surface area (Å²) in [6, 6.07) is 16.8. The first-order chi connectivity index (χ1) is 13.3. The molecule has 0 amide bonds. The first-order valence-electron chi connectivity index (χ1n) is 10.5. The van der Waals surface area contributed by atoms with Gasteiger partial charge in [0.2, 0.25) is 0 Å². The Bertz CT molecular complexity index is 642. The molecule has 1 heteroatoms. The van der Waals surface area contributed by atoms with Crippen LogP contribution in [-0.2, 0) is 12.8 Å². The molecule has 0 spiro atoms. The Morgan fingerprint density at radius 3 is 1.64 bits per heavy atom. The van der Waals surface area contributed by atoms with Crippen LogP contribution < -0.4 is 0 Å². The van der Waals surface area contributed by atoms with Gasteiger partial charge in [-0.2, -0.15) is 0 Å². The zero-order valence-corrected chi connectivity index (χ0v) is 18.9. The molecular weight excluding hydrogens is 340 g/mol. The number of carbonyl (C=O) groups is 1. The molecule has 0 N–H and O–H groups in total. The number of aryl methyl sites for hydroxylation is 1. The highest BCUT2D eigenvalue weighted by atomic mass is 16.1. The summed E-state index contributed by atoms with van der Waals surface area (Å²) in [6.07, 6.45) is 8.47. The van der Waals surface area contributed by atoms with Crippen molar-refractivity contribution in [3.63, 3.8) is 0 Å². The fourth-order valence-electron chi connectivity index (χ4n) is 2.60. The van der Waals surface area contributed by atoms with Gasteiger partial charge < -0.3 is 0 Å². The van der Waals surface area contributed by atoms with Crippen LogP contribution in [0.25, 0.3) is 0 Å². The molecule has 154 valence electrons. The average molecular weight is 381 g/mol. The van der Waals surface area contributed by atoms with Gasteiger partial charge in [-0.15, -0.1) is 6.58 Å². The van der Waals surface area contributed by atoms with Crippen LogP contribution in [-0.4, -0.2) is 6.29 Å². The molecule has 28 heavy (non-hydrogen) atoms. The normalized spacial score (nSPS) is 10.1. The molecule has 1 nitrogen and oxygen atoms in total. The molecule has 0 aliphatic heterocycles. The van der Waals surface area contributed by atoms with Crippen LogP contribution in [0.5, 0.6) is 0 Å². The van der Waals surface area contributed by atoms with E-state index in [0.717, 1.165) is 24.7 Å². The van der Waals surface area contributed by atoms with Crippen LogP contribution in [0.1, 0.15) is 87.9 Å². The third-order valence-electron chi connectivity index (χ3n) is 3.94. The van der Waals surface area contributed by atoms with Gasteiger partial charge in [0, 0.05) is 5.56 Å². The van der Waals surface area contributed by atoms with Crippen molar-refractivity contribution in [2.45, 2.75) is 73.6 Å². The number of rotatable bonds is 6. The van der Waals surface area contributed by atoms with Crippen LogP contribution in [0.4, 0.5) is 0 Å². The second-order valence-corrected chi connectivity index (χ2v) is 8.38. The molecule has 0 fully saturated rings. The van der Waals surface area contributed by atoms with E-state index in [1.165, 1.54) is 36.0 Å². The van der Waals surface area contributed by atoms with Crippen molar-refractivity contribution in [1.82, 2.24) is 0 Å². The summed E-state index contributed by atoms with van der Waals surface area (Å²) in [5.41, 5.74) is 5.14. The molecule has 2 aromatic carbocycles. The summed E-state index contributed by atoms with van der Waals surface area (Å²) in [7, 11) is 0. The van der Waals surface area contributed by atoms with Gasteiger partial charge in [-0.1, -0.05) is 95.6 Å². The van der Waals surface area contributed by atoms with Gasteiger partial charge in [0.25, 0.3) is 0 Å². The highest BCUT2D eigenvalue weighted by Gasteiger charge is 2.09. The third-order valence-corrected chi connectivity index (χ3v) is 3.94. The van der Waals surface area contributed by atoms with Crippen molar-refractivity contribution in [2.24, 2.45) is 5.41 Å². The minimum absolute atomic E-state index is 0.424. The van der Waals surface area contributed by atoms with Gasteiger partial charge in [0.05, 0.1) is 0 Å². The van der Waals surface area contributed by atoms with Crippen LogP contribution in [0, 0.1) is 5.41 Å². The molecule has 0 saturated carbocycles. The molecule has 0 aliphatic carbocycles. The number of hydrogen-bond donors (Lipinski definition) is 0. The Labute approximate surface area is 173 Å². The summed E-state index contributed by atoms with van der Waals surface area (Å²) in [5, 5.41) is 0. The highest BCUT2D eigenvalue weighted by molar-refractivity contribution is 5.74. The van der Waals surface area contributed by atoms with E-state index < -0.39 is 0 Å². The molecule has 0 atom stereocenters. The van der Waals surface area contributed by atoms with Gasteiger partial charge in [-0.3, -0.25) is 4.79 Å². The molecule has 0 aromatic heterocycles. The van der Waals surface area contributed by atoms with Gasteiger partial charge in [0.15, 0.2) is 0 Å². The monoisotopic (exact) mass is 380 g/mol. The maximum atomic E-state index is 10.7. The third kappa shape index (κ3) is 13.1. The number of benzene rings is 2. The fourth-order valence-corrected chi connectivity index (χ4v) is 2.60. The van der Waals surface area contributed by atoms with E-state index >= 15 is 0 Å². The predicted octanol–water partition coefficient (Wildman–Crippen LogP) is 8.07. The zero-order chi connectivity index (χ0) is 21.4. The van der Waals surface area contributed by atoms with Gasteiger partial charge >= 0.3 is 0 Å². The van der Waals surface area contributed by atoms with Crippen LogP contribution in [0.3, 0.4) is 0 Å². The number of allylic oxidation sites excluding steroid dienone is 1. The summed E-state index contributed by atoms with van der Waals surface area (Å²) < 4.78 is 0. The molecule has 2 aromatic rings. The summed E-state index contributed by atoms with van der Waals surface area (Å²) >= 11 is 0. The van der Waals surface area contributed by atoms with Crippen molar-refractivity contribution in [3.05, 3.63) is 83.4 Å². The largest absolute Gasteiger partial charge is 0.298 e. The maximum Gasteiger partial charge on any atom is 0.150 e. The second kappa shape index (κ2) is 14.9. The number of hydrogen-bond acceptors (Lipinski definition) is 1. The summed E-state index contributed by atoms with van der Waals surface area (Å²) in [4.78, 5) is 10.7. The molecule has 0 bridgehead atoms. The molecular formula is C27H40O. The zero-order valence-electron chi connectivity index (χ0n) is 18.9. The standard InChI is InChI=1S/C21H26O.C3H8.C3H6/c1-21(2,3)14-4-5-17-6-8-18(9-7-17)15-19-10-12-20(16-22)13-11-19;2*1-3-2/h6-13,16H,4-5,14-15H2,1-3H3;3H2,1-2H3;3H,1H2,2H3. The molecule has 0 saturated heterocycles. The lowest BCUT2D eigenvalue weighted by Gasteiger charge is -2.17. The maximum absolute atomic E-state index is 10.7. The average Bonchev–Trinajstić information content (AvgIpc) is 2.64. The van der Waals surface area contributed by atoms with Crippen molar-refractivity contribution < 1.29 is 4.79 Å². The van der Waals surface area contributed by atoms with E-state index in [4.69, 9.17) is 0 Å². The minimum atomic E-state index is 0.424. The Morgan fingerprint density at radius 2 is 1.25 bits per heavy atom. The van der Waals surface area contributed by atoms with Gasteiger partial charge in [0.1, 0.15) is 6.29 Å². The molecule has 0 aliphatic rings. The van der Waals surface area contributed by atoms with Gasteiger partial charge in [-0.25, -0.2) is 0 Å². The smallest absolute Gasteiger partial charge is 0.150 e. The quantitative estimate of drug-likeness (QED) is 0.366.